The molecule has 2 heterocycles. The molecule has 1 aromatic carbocycles. The number of nitrogens with zero attached hydrogens (tertiary/aromatic N) is 4. The Kier molecular flexibility index (Phi) is 4.22. The molecule has 1 aromatic heterocycles. The molecular weight excluding hydrogens is 288 g/mol. The van der Waals surface area contributed by atoms with E-state index < -0.39 is 0 Å². The third-order valence-corrected chi connectivity index (χ3v) is 3.92. The average Bonchev–Trinajstić information content (AvgIpc) is 2.56. The Labute approximate surface area is 128 Å². The molecule has 1 fully saturated rings. The summed E-state index contributed by atoms with van der Waals surface area (Å²) in [5, 5.41) is 17.9. The molecule has 110 valence electrons. The highest BCUT2D eigenvalue weighted by Gasteiger charge is 2.18. The Bertz CT molecular complexity index is 580. The highest BCUT2D eigenvalue weighted by molar-refractivity contribution is 6.30. The molecule has 0 unspecified atom stereocenters. The monoisotopic (exact) mass is 304 g/mol. The molecular formula is C15H17ClN4O. The summed E-state index contributed by atoms with van der Waals surface area (Å²) in [7, 11) is 0. The summed E-state index contributed by atoms with van der Waals surface area (Å²) in [6.07, 6.45) is 0. The Morgan fingerprint density at radius 3 is 2.14 bits per heavy atom. The number of benzene rings is 1. The van der Waals surface area contributed by atoms with Crippen LogP contribution in [0.25, 0.3) is 0 Å². The van der Waals surface area contributed by atoms with Crippen molar-refractivity contribution >= 4 is 23.1 Å². The van der Waals surface area contributed by atoms with Gasteiger partial charge in [-0.15, -0.1) is 5.10 Å². The maximum Gasteiger partial charge on any atom is 0.151 e. The van der Waals surface area contributed by atoms with Crippen molar-refractivity contribution in [1.29, 1.82) is 0 Å². The van der Waals surface area contributed by atoms with Crippen molar-refractivity contribution in [2.75, 3.05) is 36.0 Å². The molecule has 5 nitrogen and oxygen atoms in total. The summed E-state index contributed by atoms with van der Waals surface area (Å²) in [6.45, 7) is 3.60. The van der Waals surface area contributed by atoms with Crippen molar-refractivity contribution < 1.29 is 5.11 Å². The molecule has 0 atom stereocenters. The third kappa shape index (κ3) is 3.25. The van der Waals surface area contributed by atoms with Crippen LogP contribution in [0.15, 0.2) is 36.4 Å². The van der Waals surface area contributed by atoms with Crippen LogP contribution in [0.3, 0.4) is 0 Å². The lowest BCUT2D eigenvalue weighted by Gasteiger charge is -2.36. The lowest BCUT2D eigenvalue weighted by Crippen LogP contribution is -2.46. The molecule has 1 N–H and O–H groups in total. The number of hydrogen-bond donors (Lipinski definition) is 1. The minimum Gasteiger partial charge on any atom is -0.390 e. The molecule has 2 aromatic rings. The van der Waals surface area contributed by atoms with Crippen LogP contribution in [-0.4, -0.2) is 41.5 Å². The Morgan fingerprint density at radius 1 is 0.905 bits per heavy atom. The van der Waals surface area contributed by atoms with Crippen LogP contribution in [0.2, 0.25) is 5.02 Å². The van der Waals surface area contributed by atoms with Gasteiger partial charge in [0.15, 0.2) is 5.82 Å². The largest absolute Gasteiger partial charge is 0.390 e. The minimum absolute atomic E-state index is 0.0718. The van der Waals surface area contributed by atoms with Crippen LogP contribution in [0, 0.1) is 0 Å². The predicted molar refractivity (Wildman–Crippen MR) is 83.8 cm³/mol. The van der Waals surface area contributed by atoms with E-state index in [0.717, 1.165) is 37.0 Å². The van der Waals surface area contributed by atoms with Gasteiger partial charge in [-0.25, -0.2) is 0 Å². The maximum atomic E-state index is 8.99. The summed E-state index contributed by atoms with van der Waals surface area (Å²) < 4.78 is 0. The number of rotatable bonds is 3. The number of halogens is 1. The zero-order valence-electron chi connectivity index (χ0n) is 11.6. The van der Waals surface area contributed by atoms with Gasteiger partial charge in [-0.3, -0.25) is 0 Å². The summed E-state index contributed by atoms with van der Waals surface area (Å²) in [5.74, 6) is 0.864. The van der Waals surface area contributed by atoms with Gasteiger partial charge in [-0.1, -0.05) is 11.6 Å². The molecule has 0 spiro atoms. The maximum absolute atomic E-state index is 8.99. The number of aliphatic hydroxyl groups excluding tert-OH is 1. The zero-order chi connectivity index (χ0) is 14.7. The first-order chi connectivity index (χ1) is 10.3. The first-order valence-corrected chi connectivity index (χ1v) is 7.33. The Balaban J connectivity index is 1.62. The van der Waals surface area contributed by atoms with Gasteiger partial charge >= 0.3 is 0 Å². The summed E-state index contributed by atoms with van der Waals surface area (Å²) in [4.78, 5) is 4.54. The fourth-order valence-electron chi connectivity index (χ4n) is 2.45. The van der Waals surface area contributed by atoms with E-state index in [1.54, 1.807) is 0 Å². The van der Waals surface area contributed by atoms with Crippen molar-refractivity contribution in [1.82, 2.24) is 10.2 Å². The summed E-state index contributed by atoms with van der Waals surface area (Å²) in [6, 6.07) is 11.7. The lowest BCUT2D eigenvalue weighted by molar-refractivity contribution is 0.275. The van der Waals surface area contributed by atoms with Gasteiger partial charge in [-0.05, 0) is 36.4 Å². The number of aliphatic hydroxyl groups is 1. The highest BCUT2D eigenvalue weighted by Crippen LogP contribution is 2.21. The van der Waals surface area contributed by atoms with Crippen LogP contribution in [-0.2, 0) is 6.61 Å². The predicted octanol–water partition coefficient (Wildman–Crippen LogP) is 1.95. The second-order valence-electron chi connectivity index (χ2n) is 4.99. The van der Waals surface area contributed by atoms with E-state index in [1.165, 1.54) is 5.69 Å². The standard InChI is InChI=1S/C15H17ClN4O/c16-12-1-4-14(5-2-12)19-7-9-20(10-8-19)15-6-3-13(11-21)17-18-15/h1-6,21H,7-11H2. The van der Waals surface area contributed by atoms with E-state index in [1.807, 2.05) is 36.4 Å². The number of piperazine rings is 1. The van der Waals surface area contributed by atoms with Crippen molar-refractivity contribution in [2.45, 2.75) is 6.61 Å². The van der Waals surface area contributed by atoms with E-state index in [4.69, 9.17) is 16.7 Å². The number of aromatic nitrogens is 2. The fraction of sp³-hybridized carbons (Fsp3) is 0.333. The number of hydrogen-bond acceptors (Lipinski definition) is 5. The Hall–Kier alpha value is -1.85. The minimum atomic E-state index is -0.0718. The van der Waals surface area contributed by atoms with Crippen molar-refractivity contribution in [2.24, 2.45) is 0 Å². The quantitative estimate of drug-likeness (QED) is 0.939. The van der Waals surface area contributed by atoms with E-state index >= 15 is 0 Å². The van der Waals surface area contributed by atoms with Gasteiger partial charge in [-0.2, -0.15) is 5.10 Å². The van der Waals surface area contributed by atoms with Crippen molar-refractivity contribution in [3.63, 3.8) is 0 Å². The first kappa shape index (κ1) is 14.1. The molecule has 21 heavy (non-hydrogen) atoms. The zero-order valence-corrected chi connectivity index (χ0v) is 12.4. The smallest absolute Gasteiger partial charge is 0.151 e. The van der Waals surface area contributed by atoms with Gasteiger partial charge in [0.2, 0.25) is 0 Å². The molecule has 0 bridgehead atoms. The van der Waals surface area contributed by atoms with Crippen LogP contribution >= 0.6 is 11.6 Å². The van der Waals surface area contributed by atoms with E-state index in [9.17, 15) is 0 Å². The molecule has 6 heteroatoms. The van der Waals surface area contributed by atoms with Crippen LogP contribution in [0.4, 0.5) is 11.5 Å². The molecule has 0 amide bonds. The van der Waals surface area contributed by atoms with E-state index in [2.05, 4.69) is 20.0 Å². The molecule has 1 aliphatic rings. The molecule has 3 rings (SSSR count). The van der Waals surface area contributed by atoms with Gasteiger partial charge in [0.05, 0.1) is 12.3 Å². The van der Waals surface area contributed by atoms with Gasteiger partial charge in [0.1, 0.15) is 0 Å². The van der Waals surface area contributed by atoms with E-state index in [-0.39, 0.29) is 6.61 Å². The lowest BCUT2D eigenvalue weighted by atomic mass is 10.2. The third-order valence-electron chi connectivity index (χ3n) is 3.66. The summed E-state index contributed by atoms with van der Waals surface area (Å²) >= 11 is 5.92. The SMILES string of the molecule is OCc1ccc(N2CCN(c3ccc(Cl)cc3)CC2)nn1. The van der Waals surface area contributed by atoms with Crippen LogP contribution < -0.4 is 9.80 Å². The van der Waals surface area contributed by atoms with E-state index in [0.29, 0.717) is 5.69 Å². The molecule has 0 radical (unpaired) electrons. The second-order valence-corrected chi connectivity index (χ2v) is 5.43. The van der Waals surface area contributed by atoms with Crippen LogP contribution in [0.5, 0.6) is 0 Å². The molecule has 0 aliphatic carbocycles. The number of anilines is 2. The molecule has 1 saturated heterocycles. The van der Waals surface area contributed by atoms with Crippen molar-refractivity contribution in [3.05, 3.63) is 47.1 Å². The average molecular weight is 305 g/mol. The topological polar surface area (TPSA) is 52.5 Å². The normalized spacial score (nSPS) is 15.3. The molecule has 0 saturated carbocycles. The van der Waals surface area contributed by atoms with Gasteiger partial charge < -0.3 is 14.9 Å². The second kappa shape index (κ2) is 6.28. The summed E-state index contributed by atoms with van der Waals surface area (Å²) in [5.41, 5.74) is 1.79. The highest BCUT2D eigenvalue weighted by atomic mass is 35.5. The van der Waals surface area contributed by atoms with Crippen LogP contribution in [0.1, 0.15) is 5.69 Å². The van der Waals surface area contributed by atoms with Crippen molar-refractivity contribution in [3.8, 4) is 0 Å². The fourth-order valence-corrected chi connectivity index (χ4v) is 2.58. The van der Waals surface area contributed by atoms with Gasteiger partial charge in [0.25, 0.3) is 0 Å². The van der Waals surface area contributed by atoms with Gasteiger partial charge in [0, 0.05) is 36.9 Å². The first-order valence-electron chi connectivity index (χ1n) is 6.95. The molecule has 1 aliphatic heterocycles. The Morgan fingerprint density at radius 2 is 1.57 bits per heavy atom.